The molecule has 27 heavy (non-hydrogen) atoms. The molecule has 3 rings (SSSR count). The first kappa shape index (κ1) is 19.5. The van der Waals surface area contributed by atoms with Gasteiger partial charge in [0.15, 0.2) is 5.96 Å². The van der Waals surface area contributed by atoms with E-state index in [1.54, 1.807) is 0 Å². The smallest absolute Gasteiger partial charge is 0.309 e. The standard InChI is InChI=1S/C21H31N3O3/c1-3-22-21(24-12-9-16(10-13-24)20(25)26-4-2)23-15-17-11-14-27-19-8-6-5-7-18(17)19/h5-8,16-17H,3-4,9-15H2,1-2H3,(H,22,23). The summed E-state index contributed by atoms with van der Waals surface area (Å²) >= 11 is 0. The highest BCUT2D eigenvalue weighted by atomic mass is 16.5. The van der Waals surface area contributed by atoms with Crippen LogP contribution in [0.5, 0.6) is 5.75 Å². The third kappa shape index (κ3) is 4.93. The van der Waals surface area contributed by atoms with E-state index in [0.29, 0.717) is 12.5 Å². The zero-order valence-electron chi connectivity index (χ0n) is 16.4. The maximum Gasteiger partial charge on any atom is 0.309 e. The number of aliphatic imine (C=N–C) groups is 1. The highest BCUT2D eigenvalue weighted by molar-refractivity contribution is 5.80. The van der Waals surface area contributed by atoms with Crippen LogP contribution in [0, 0.1) is 5.92 Å². The predicted molar refractivity (Wildman–Crippen MR) is 106 cm³/mol. The Morgan fingerprint density at radius 2 is 2.04 bits per heavy atom. The number of rotatable bonds is 5. The minimum absolute atomic E-state index is 0.0199. The number of ether oxygens (including phenoxy) is 2. The van der Waals surface area contributed by atoms with Crippen molar-refractivity contribution in [2.45, 2.75) is 39.0 Å². The van der Waals surface area contributed by atoms with E-state index in [1.165, 1.54) is 5.56 Å². The number of carbonyl (C=O) groups is 1. The molecule has 2 heterocycles. The van der Waals surface area contributed by atoms with E-state index in [1.807, 2.05) is 19.1 Å². The van der Waals surface area contributed by atoms with Crippen LogP contribution >= 0.6 is 0 Å². The SMILES string of the molecule is CCNC(=NCC1CCOc2ccccc21)N1CCC(C(=O)OCC)CC1. The topological polar surface area (TPSA) is 63.2 Å². The molecule has 0 spiro atoms. The Hall–Kier alpha value is -2.24. The second-order valence-electron chi connectivity index (χ2n) is 7.08. The molecule has 148 valence electrons. The van der Waals surface area contributed by atoms with Gasteiger partial charge in [-0.1, -0.05) is 18.2 Å². The number of esters is 1. The summed E-state index contributed by atoms with van der Waals surface area (Å²) in [7, 11) is 0. The quantitative estimate of drug-likeness (QED) is 0.488. The van der Waals surface area contributed by atoms with Crippen LogP contribution in [0.3, 0.4) is 0 Å². The third-order valence-electron chi connectivity index (χ3n) is 5.29. The van der Waals surface area contributed by atoms with Crippen LogP contribution < -0.4 is 10.1 Å². The molecule has 2 aliphatic rings. The number of hydrogen-bond acceptors (Lipinski definition) is 4. The fourth-order valence-corrected chi connectivity index (χ4v) is 3.82. The van der Waals surface area contributed by atoms with Gasteiger partial charge in [-0.2, -0.15) is 0 Å². The number of piperidine rings is 1. The highest BCUT2D eigenvalue weighted by Crippen LogP contribution is 2.33. The first-order valence-electron chi connectivity index (χ1n) is 10.1. The molecule has 0 radical (unpaired) electrons. The maximum absolute atomic E-state index is 12.0. The lowest BCUT2D eigenvalue weighted by molar-refractivity contribution is -0.149. The lowest BCUT2D eigenvalue weighted by atomic mass is 9.93. The van der Waals surface area contributed by atoms with Crippen LogP contribution in [0.15, 0.2) is 29.3 Å². The van der Waals surface area contributed by atoms with E-state index in [2.05, 4.69) is 29.3 Å². The van der Waals surface area contributed by atoms with Gasteiger partial charge in [0.05, 0.1) is 19.1 Å². The average Bonchev–Trinajstić information content (AvgIpc) is 2.71. The minimum atomic E-state index is -0.0575. The van der Waals surface area contributed by atoms with Gasteiger partial charge in [-0.15, -0.1) is 0 Å². The second kappa shape index (κ2) is 9.62. The second-order valence-corrected chi connectivity index (χ2v) is 7.08. The summed E-state index contributed by atoms with van der Waals surface area (Å²) in [5.74, 6) is 2.29. The molecule has 1 aromatic carbocycles. The van der Waals surface area contributed by atoms with Gasteiger partial charge in [0, 0.05) is 32.1 Å². The summed E-state index contributed by atoms with van der Waals surface area (Å²) in [6.45, 7) is 8.40. The summed E-state index contributed by atoms with van der Waals surface area (Å²) in [6, 6.07) is 8.26. The number of carbonyl (C=O) groups excluding carboxylic acids is 1. The van der Waals surface area contributed by atoms with Gasteiger partial charge in [-0.3, -0.25) is 9.79 Å². The van der Waals surface area contributed by atoms with Crippen molar-refractivity contribution in [3.63, 3.8) is 0 Å². The fourth-order valence-electron chi connectivity index (χ4n) is 3.82. The molecule has 1 unspecified atom stereocenters. The minimum Gasteiger partial charge on any atom is -0.493 e. The van der Waals surface area contributed by atoms with Gasteiger partial charge in [0.1, 0.15) is 5.75 Å². The number of benzene rings is 1. The van der Waals surface area contributed by atoms with Crippen molar-refractivity contribution in [2.24, 2.45) is 10.9 Å². The molecule has 0 bridgehead atoms. The van der Waals surface area contributed by atoms with E-state index in [0.717, 1.165) is 63.8 Å². The van der Waals surface area contributed by atoms with Crippen LogP contribution in [-0.4, -0.2) is 56.2 Å². The molecule has 0 aromatic heterocycles. The number of para-hydroxylation sites is 1. The molecule has 1 saturated heterocycles. The predicted octanol–water partition coefficient (Wildman–Crippen LogP) is 2.79. The van der Waals surface area contributed by atoms with Crippen molar-refractivity contribution in [2.75, 3.05) is 39.4 Å². The van der Waals surface area contributed by atoms with E-state index in [-0.39, 0.29) is 11.9 Å². The number of fused-ring (bicyclic) bond motifs is 1. The molecular formula is C21H31N3O3. The number of nitrogens with zero attached hydrogens (tertiary/aromatic N) is 2. The van der Waals surface area contributed by atoms with Gasteiger partial charge in [0.2, 0.25) is 0 Å². The van der Waals surface area contributed by atoms with Crippen molar-refractivity contribution >= 4 is 11.9 Å². The van der Waals surface area contributed by atoms with Crippen molar-refractivity contribution in [3.05, 3.63) is 29.8 Å². The maximum atomic E-state index is 12.0. The number of nitrogens with one attached hydrogen (secondary N) is 1. The highest BCUT2D eigenvalue weighted by Gasteiger charge is 2.28. The van der Waals surface area contributed by atoms with Crippen LogP contribution in [0.1, 0.15) is 44.6 Å². The molecule has 2 aliphatic heterocycles. The van der Waals surface area contributed by atoms with E-state index in [4.69, 9.17) is 14.5 Å². The molecule has 0 saturated carbocycles. The first-order chi connectivity index (χ1) is 13.2. The van der Waals surface area contributed by atoms with Gasteiger partial charge < -0.3 is 19.7 Å². The zero-order valence-corrected chi connectivity index (χ0v) is 16.4. The number of hydrogen-bond donors (Lipinski definition) is 1. The Kier molecular flexibility index (Phi) is 6.96. The van der Waals surface area contributed by atoms with Crippen molar-refractivity contribution in [3.8, 4) is 5.75 Å². The largest absolute Gasteiger partial charge is 0.493 e. The lowest BCUT2D eigenvalue weighted by Gasteiger charge is -2.33. The Bertz CT molecular complexity index is 654. The molecule has 6 heteroatoms. The molecule has 1 N–H and O–H groups in total. The van der Waals surface area contributed by atoms with Crippen LogP contribution in [0.4, 0.5) is 0 Å². The Morgan fingerprint density at radius 1 is 1.26 bits per heavy atom. The normalized spacial score (nSPS) is 20.6. The van der Waals surface area contributed by atoms with Crippen molar-refractivity contribution in [1.82, 2.24) is 10.2 Å². The summed E-state index contributed by atoms with van der Waals surface area (Å²) in [5.41, 5.74) is 1.25. The fraction of sp³-hybridized carbons (Fsp3) is 0.619. The van der Waals surface area contributed by atoms with Gasteiger partial charge >= 0.3 is 5.97 Å². The Labute approximate surface area is 161 Å². The summed E-state index contributed by atoms with van der Waals surface area (Å²) in [6.07, 6.45) is 2.64. The molecule has 6 nitrogen and oxygen atoms in total. The lowest BCUT2D eigenvalue weighted by Crippen LogP contribution is -2.47. The average molecular weight is 373 g/mol. The molecule has 1 fully saturated rings. The van der Waals surface area contributed by atoms with Crippen molar-refractivity contribution < 1.29 is 14.3 Å². The van der Waals surface area contributed by atoms with Gasteiger partial charge in [-0.05, 0) is 44.7 Å². The number of guanidine groups is 1. The zero-order chi connectivity index (χ0) is 19.1. The third-order valence-corrected chi connectivity index (χ3v) is 5.29. The van der Waals surface area contributed by atoms with E-state index >= 15 is 0 Å². The Balaban J connectivity index is 1.62. The summed E-state index contributed by atoms with van der Waals surface area (Å²) in [5, 5.41) is 3.41. The van der Waals surface area contributed by atoms with Crippen LogP contribution in [0.25, 0.3) is 0 Å². The van der Waals surface area contributed by atoms with Gasteiger partial charge in [0.25, 0.3) is 0 Å². The summed E-state index contributed by atoms with van der Waals surface area (Å²) in [4.78, 5) is 19.1. The van der Waals surface area contributed by atoms with E-state index < -0.39 is 0 Å². The summed E-state index contributed by atoms with van der Waals surface area (Å²) < 4.78 is 10.9. The van der Waals surface area contributed by atoms with Crippen LogP contribution in [-0.2, 0) is 9.53 Å². The number of likely N-dealkylation sites (tertiary alicyclic amines) is 1. The molecule has 0 aliphatic carbocycles. The van der Waals surface area contributed by atoms with Gasteiger partial charge in [-0.25, -0.2) is 0 Å². The van der Waals surface area contributed by atoms with Crippen molar-refractivity contribution in [1.29, 1.82) is 0 Å². The Morgan fingerprint density at radius 3 is 2.78 bits per heavy atom. The molecular weight excluding hydrogens is 342 g/mol. The monoisotopic (exact) mass is 373 g/mol. The first-order valence-corrected chi connectivity index (χ1v) is 10.1. The molecule has 0 amide bonds. The molecule has 1 aromatic rings. The van der Waals surface area contributed by atoms with Crippen LogP contribution in [0.2, 0.25) is 0 Å². The molecule has 1 atom stereocenters. The van der Waals surface area contributed by atoms with E-state index in [9.17, 15) is 4.79 Å².